The molecule has 0 aliphatic rings. The molecule has 0 saturated carbocycles. The van der Waals surface area contributed by atoms with Gasteiger partial charge in [-0.1, -0.05) is 18.2 Å². The normalized spacial score (nSPS) is 10.9. The maximum absolute atomic E-state index is 4.64. The van der Waals surface area contributed by atoms with E-state index in [1.807, 2.05) is 48.0 Å². The fraction of sp³-hybridized carbons (Fsp3) is 0. The van der Waals surface area contributed by atoms with E-state index in [4.69, 9.17) is 0 Å². The highest BCUT2D eigenvalue weighted by Crippen LogP contribution is 2.31. The van der Waals surface area contributed by atoms with Crippen LogP contribution >= 0.6 is 11.3 Å². The topological polar surface area (TPSA) is 66.5 Å². The van der Waals surface area contributed by atoms with Crippen molar-refractivity contribution in [3.05, 3.63) is 54.2 Å². The van der Waals surface area contributed by atoms with Crippen molar-refractivity contribution in [1.82, 2.24) is 20.2 Å². The van der Waals surface area contributed by atoms with Crippen molar-refractivity contribution < 1.29 is 0 Å². The molecule has 102 valence electrons. The molecule has 0 bridgehead atoms. The second-order valence-corrected chi connectivity index (χ2v) is 5.42. The second kappa shape index (κ2) is 4.99. The standard InChI is InChI=1S/C15H11N5S/c1-2-4-11(5-3-1)18-15-19-12-6-7-21-14(12)13(20-15)10-8-16-17-9-10/h1-9H,(H,16,17)(H,18,19,20). The number of aromatic amines is 1. The molecule has 0 atom stereocenters. The average molecular weight is 293 g/mol. The Kier molecular flexibility index (Phi) is 2.86. The molecule has 0 unspecified atom stereocenters. The van der Waals surface area contributed by atoms with E-state index in [-0.39, 0.29) is 0 Å². The van der Waals surface area contributed by atoms with Gasteiger partial charge in [-0.15, -0.1) is 11.3 Å². The third kappa shape index (κ3) is 2.25. The molecule has 2 N–H and O–H groups in total. The molecule has 0 fully saturated rings. The van der Waals surface area contributed by atoms with E-state index in [9.17, 15) is 0 Å². The van der Waals surface area contributed by atoms with E-state index >= 15 is 0 Å². The smallest absolute Gasteiger partial charge is 0.228 e. The van der Waals surface area contributed by atoms with Gasteiger partial charge in [0.25, 0.3) is 0 Å². The van der Waals surface area contributed by atoms with Gasteiger partial charge in [0, 0.05) is 17.4 Å². The Morgan fingerprint density at radius 1 is 1.05 bits per heavy atom. The first kappa shape index (κ1) is 12.0. The van der Waals surface area contributed by atoms with Crippen LogP contribution in [0.3, 0.4) is 0 Å². The SMILES string of the molecule is c1ccc(Nc2nc(-c3cn[nH]c3)c3sccc3n2)cc1. The van der Waals surface area contributed by atoms with Crippen LogP contribution in [0.1, 0.15) is 0 Å². The molecule has 1 aromatic carbocycles. The number of aromatic nitrogens is 4. The Bertz CT molecular complexity index is 868. The van der Waals surface area contributed by atoms with Crippen molar-refractivity contribution >= 4 is 33.2 Å². The van der Waals surface area contributed by atoms with Crippen LogP contribution < -0.4 is 5.32 Å². The highest BCUT2D eigenvalue weighted by molar-refractivity contribution is 7.17. The summed E-state index contributed by atoms with van der Waals surface area (Å²) in [5.74, 6) is 0.586. The predicted molar refractivity (Wildman–Crippen MR) is 84.7 cm³/mol. The zero-order valence-corrected chi connectivity index (χ0v) is 11.8. The zero-order chi connectivity index (χ0) is 14.1. The van der Waals surface area contributed by atoms with Crippen LogP contribution in [0.25, 0.3) is 21.5 Å². The molecule has 0 aliphatic carbocycles. The number of hydrogen-bond acceptors (Lipinski definition) is 5. The molecule has 3 heterocycles. The number of H-pyrrole nitrogens is 1. The van der Waals surface area contributed by atoms with E-state index in [1.165, 1.54) is 0 Å². The summed E-state index contributed by atoms with van der Waals surface area (Å²) in [6, 6.07) is 11.9. The molecule has 5 nitrogen and oxygen atoms in total. The number of anilines is 2. The van der Waals surface area contributed by atoms with Gasteiger partial charge in [0.05, 0.1) is 22.1 Å². The van der Waals surface area contributed by atoms with Crippen LogP contribution in [0.5, 0.6) is 0 Å². The number of para-hydroxylation sites is 1. The number of fused-ring (bicyclic) bond motifs is 1. The summed E-state index contributed by atoms with van der Waals surface area (Å²) >= 11 is 1.63. The molecule has 6 heteroatoms. The zero-order valence-electron chi connectivity index (χ0n) is 10.9. The lowest BCUT2D eigenvalue weighted by atomic mass is 10.2. The van der Waals surface area contributed by atoms with Crippen molar-refractivity contribution in [2.45, 2.75) is 0 Å². The van der Waals surface area contributed by atoms with Crippen LogP contribution in [0.2, 0.25) is 0 Å². The van der Waals surface area contributed by atoms with Gasteiger partial charge in [-0.2, -0.15) is 5.10 Å². The third-order valence-corrected chi connectivity index (χ3v) is 4.02. The average Bonchev–Trinajstić information content (AvgIpc) is 3.19. The third-order valence-electron chi connectivity index (χ3n) is 3.11. The van der Waals surface area contributed by atoms with Crippen LogP contribution in [0.4, 0.5) is 11.6 Å². The first-order chi connectivity index (χ1) is 10.4. The summed E-state index contributed by atoms with van der Waals surface area (Å²) in [7, 11) is 0. The number of hydrogen-bond donors (Lipinski definition) is 2. The maximum atomic E-state index is 4.64. The lowest BCUT2D eigenvalue weighted by Gasteiger charge is -2.07. The minimum absolute atomic E-state index is 0.586. The van der Waals surface area contributed by atoms with E-state index in [0.29, 0.717) is 5.95 Å². The first-order valence-corrected chi connectivity index (χ1v) is 7.34. The molecule has 0 radical (unpaired) electrons. The number of nitrogens with zero attached hydrogens (tertiary/aromatic N) is 3. The molecule has 3 aromatic heterocycles. The largest absolute Gasteiger partial charge is 0.324 e. The number of thiophene rings is 1. The van der Waals surface area contributed by atoms with Gasteiger partial charge in [-0.3, -0.25) is 5.10 Å². The molecule has 4 rings (SSSR count). The van der Waals surface area contributed by atoms with Crippen molar-refractivity contribution in [1.29, 1.82) is 0 Å². The Morgan fingerprint density at radius 2 is 1.95 bits per heavy atom. The van der Waals surface area contributed by atoms with E-state index in [1.54, 1.807) is 17.5 Å². The molecular weight excluding hydrogens is 282 g/mol. The lowest BCUT2D eigenvalue weighted by Crippen LogP contribution is -1.98. The predicted octanol–water partition coefficient (Wildman–Crippen LogP) is 3.83. The maximum Gasteiger partial charge on any atom is 0.228 e. The van der Waals surface area contributed by atoms with E-state index in [2.05, 4.69) is 25.5 Å². The Morgan fingerprint density at radius 3 is 2.76 bits per heavy atom. The lowest BCUT2D eigenvalue weighted by molar-refractivity contribution is 1.09. The van der Waals surface area contributed by atoms with Crippen molar-refractivity contribution in [2.24, 2.45) is 0 Å². The summed E-state index contributed by atoms with van der Waals surface area (Å²) in [5, 5.41) is 12.1. The van der Waals surface area contributed by atoms with Crippen molar-refractivity contribution in [3.63, 3.8) is 0 Å². The van der Waals surface area contributed by atoms with E-state index < -0.39 is 0 Å². The molecule has 0 aliphatic heterocycles. The Balaban J connectivity index is 1.83. The van der Waals surface area contributed by atoms with Gasteiger partial charge >= 0.3 is 0 Å². The van der Waals surface area contributed by atoms with Crippen molar-refractivity contribution in [2.75, 3.05) is 5.32 Å². The highest BCUT2D eigenvalue weighted by atomic mass is 32.1. The number of rotatable bonds is 3. The summed E-state index contributed by atoms with van der Waals surface area (Å²) < 4.78 is 1.06. The Labute approximate surface area is 124 Å². The van der Waals surface area contributed by atoms with Crippen molar-refractivity contribution in [3.8, 4) is 11.3 Å². The minimum Gasteiger partial charge on any atom is -0.324 e. The van der Waals surface area contributed by atoms with E-state index in [0.717, 1.165) is 27.2 Å². The van der Waals surface area contributed by atoms with Gasteiger partial charge in [-0.05, 0) is 23.6 Å². The number of nitrogens with one attached hydrogen (secondary N) is 2. The fourth-order valence-corrected chi connectivity index (χ4v) is 2.99. The van der Waals surface area contributed by atoms with Crippen LogP contribution in [-0.4, -0.2) is 20.2 Å². The van der Waals surface area contributed by atoms with Gasteiger partial charge < -0.3 is 5.32 Å². The quantitative estimate of drug-likeness (QED) is 0.602. The van der Waals surface area contributed by atoms with Gasteiger partial charge in [0.15, 0.2) is 0 Å². The molecule has 0 spiro atoms. The number of benzene rings is 1. The Hall–Kier alpha value is -2.73. The van der Waals surface area contributed by atoms with Gasteiger partial charge in [-0.25, -0.2) is 9.97 Å². The summed E-state index contributed by atoms with van der Waals surface area (Å²) in [5.41, 5.74) is 3.75. The molecule has 0 saturated heterocycles. The summed E-state index contributed by atoms with van der Waals surface area (Å²) in [4.78, 5) is 9.20. The summed E-state index contributed by atoms with van der Waals surface area (Å²) in [6.45, 7) is 0. The van der Waals surface area contributed by atoms with Crippen LogP contribution in [0.15, 0.2) is 54.2 Å². The fourth-order valence-electron chi connectivity index (χ4n) is 2.15. The van der Waals surface area contributed by atoms with Gasteiger partial charge in [0.2, 0.25) is 5.95 Å². The summed E-state index contributed by atoms with van der Waals surface area (Å²) in [6.07, 6.45) is 3.61. The van der Waals surface area contributed by atoms with Crippen LogP contribution in [0, 0.1) is 0 Å². The molecule has 4 aromatic rings. The minimum atomic E-state index is 0.586. The first-order valence-electron chi connectivity index (χ1n) is 6.46. The van der Waals surface area contributed by atoms with Gasteiger partial charge in [0.1, 0.15) is 0 Å². The monoisotopic (exact) mass is 293 g/mol. The second-order valence-electron chi connectivity index (χ2n) is 4.51. The highest BCUT2D eigenvalue weighted by Gasteiger charge is 2.12. The molecule has 0 amide bonds. The van der Waals surface area contributed by atoms with Crippen LogP contribution in [-0.2, 0) is 0 Å². The molecule has 21 heavy (non-hydrogen) atoms. The molecular formula is C15H11N5S.